The maximum absolute atomic E-state index is 10.4. The Bertz CT molecular complexity index is 1190. The zero-order valence-corrected chi connectivity index (χ0v) is 19.9. The van der Waals surface area contributed by atoms with E-state index in [0.29, 0.717) is 5.75 Å². The maximum Gasteiger partial charge on any atom is 0.166 e. The Hall–Kier alpha value is -3.26. The maximum atomic E-state index is 10.4. The molecule has 0 saturated carbocycles. The average molecular weight is 481 g/mol. The molecule has 0 aromatic heterocycles. The van der Waals surface area contributed by atoms with E-state index in [2.05, 4.69) is 72.8 Å². The highest BCUT2D eigenvalue weighted by atomic mass is 32.2. The van der Waals surface area contributed by atoms with Crippen LogP contribution in [0.1, 0.15) is 0 Å². The molecule has 0 aliphatic rings. The van der Waals surface area contributed by atoms with Crippen molar-refractivity contribution >= 4 is 21.0 Å². The minimum absolute atomic E-state index is 0.0804. The molecule has 4 rings (SSSR count). The quantitative estimate of drug-likeness (QED) is 0.273. The molecule has 0 saturated heterocycles. The zero-order valence-electron chi connectivity index (χ0n) is 18.3. The van der Waals surface area contributed by atoms with Crippen LogP contribution in [0.15, 0.2) is 129 Å². The van der Waals surface area contributed by atoms with Crippen LogP contribution in [0.4, 0.5) is 0 Å². The molecule has 0 N–H and O–H groups in total. The molecule has 0 heterocycles. The van der Waals surface area contributed by atoms with Crippen LogP contribution in [0.3, 0.4) is 0 Å². The summed E-state index contributed by atoms with van der Waals surface area (Å²) >= 11 is 0. The van der Waals surface area contributed by atoms with Gasteiger partial charge in [-0.25, -0.2) is 8.42 Å². The van der Waals surface area contributed by atoms with E-state index in [9.17, 15) is 13.0 Å². The fourth-order valence-electron chi connectivity index (χ4n) is 2.98. The van der Waals surface area contributed by atoms with E-state index in [1.54, 1.807) is 7.11 Å². The van der Waals surface area contributed by atoms with Gasteiger partial charge >= 0.3 is 0 Å². The van der Waals surface area contributed by atoms with Gasteiger partial charge in [-0.2, -0.15) is 0 Å². The predicted octanol–water partition coefficient (Wildman–Crippen LogP) is 5.39. The van der Waals surface area contributed by atoms with Crippen LogP contribution in [0.25, 0.3) is 0 Å². The zero-order chi connectivity index (χ0) is 23.7. The van der Waals surface area contributed by atoms with Gasteiger partial charge in [-0.05, 0) is 72.8 Å². The van der Waals surface area contributed by atoms with Gasteiger partial charge in [0.25, 0.3) is 0 Å². The summed E-state index contributed by atoms with van der Waals surface area (Å²) in [6.45, 7) is 0. The topological polar surface area (TPSA) is 75.7 Å². The molecule has 0 unspecified atom stereocenters. The molecule has 33 heavy (non-hydrogen) atoms. The molecule has 0 atom stereocenters. The predicted molar refractivity (Wildman–Crippen MR) is 129 cm³/mol. The molecule has 170 valence electrons. The third-order valence-electron chi connectivity index (χ3n) is 4.60. The lowest BCUT2D eigenvalue weighted by Gasteiger charge is -2.08. The van der Waals surface area contributed by atoms with Gasteiger partial charge in [0.05, 0.1) is 30.0 Å². The summed E-state index contributed by atoms with van der Waals surface area (Å²) in [5.41, 5.74) is 0. The molecule has 0 spiro atoms. The van der Waals surface area contributed by atoms with E-state index in [1.165, 1.54) is 46.1 Å². The highest BCUT2D eigenvalue weighted by molar-refractivity contribution is 7.97. The molecule has 4 aromatic rings. The second-order valence-electron chi connectivity index (χ2n) is 6.74. The Labute approximate surface area is 197 Å². The Kier molecular flexibility index (Phi) is 8.54. The lowest BCUT2D eigenvalue weighted by atomic mass is 10.3. The number of rotatable bonds is 6. The Morgan fingerprint density at radius 1 is 0.576 bits per heavy atom. The van der Waals surface area contributed by atoms with E-state index in [0.717, 1.165) is 5.75 Å². The Balaban J connectivity index is 0.000000218. The third kappa shape index (κ3) is 6.86. The van der Waals surface area contributed by atoms with E-state index in [-0.39, 0.29) is 15.8 Å². The summed E-state index contributed by atoms with van der Waals surface area (Å²) in [6, 6.07) is 34.9. The van der Waals surface area contributed by atoms with Gasteiger partial charge in [0.15, 0.2) is 14.7 Å². The van der Waals surface area contributed by atoms with Gasteiger partial charge in [-0.1, -0.05) is 36.4 Å². The smallest absolute Gasteiger partial charge is 0.166 e. The van der Waals surface area contributed by atoms with Crippen LogP contribution in [-0.2, 0) is 21.0 Å². The number of benzene rings is 4. The summed E-state index contributed by atoms with van der Waals surface area (Å²) in [4.78, 5) is 3.71. The average Bonchev–Trinajstić information content (AvgIpc) is 2.86. The van der Waals surface area contributed by atoms with Crippen molar-refractivity contribution in [3.63, 3.8) is 0 Å². The van der Waals surface area contributed by atoms with E-state index in [4.69, 9.17) is 9.47 Å². The number of methoxy groups -OCH3 is 2. The fourth-order valence-corrected chi connectivity index (χ4v) is 5.53. The fraction of sp³-hybridized carbons (Fsp3) is 0.0769. The molecular formula is C26H24O5S2. The standard InChI is InChI=1S/C19H17OS.C7H8O4S/c1-20-16-12-14-19(15-13-16)21(17-8-4-2-5-9-17)18-10-6-3-7-11-18;1-11-6-2-4-7(5-3-6)12(8,9)10/h2-15H,1H3;2-5H,1H3,(H,8,9,10)/q+1;/p-1. The molecule has 0 aliphatic heterocycles. The molecular weight excluding hydrogens is 456 g/mol. The van der Waals surface area contributed by atoms with Crippen molar-refractivity contribution in [3.8, 4) is 11.5 Å². The number of hydrogen-bond acceptors (Lipinski definition) is 5. The summed E-state index contributed by atoms with van der Waals surface area (Å²) < 4.78 is 41.4. The summed E-state index contributed by atoms with van der Waals surface area (Å²) in [6.07, 6.45) is 0. The minimum atomic E-state index is -4.33. The van der Waals surface area contributed by atoms with Crippen molar-refractivity contribution in [3.05, 3.63) is 109 Å². The van der Waals surface area contributed by atoms with E-state index >= 15 is 0 Å². The van der Waals surface area contributed by atoms with Gasteiger partial charge in [-0.3, -0.25) is 0 Å². The van der Waals surface area contributed by atoms with Gasteiger partial charge in [0.2, 0.25) is 0 Å². The lowest BCUT2D eigenvalue weighted by molar-refractivity contribution is 0.414. The van der Waals surface area contributed by atoms with Gasteiger partial charge in [0.1, 0.15) is 21.6 Å². The molecule has 7 heteroatoms. The molecule has 0 fully saturated rings. The van der Waals surface area contributed by atoms with Crippen LogP contribution in [0, 0.1) is 0 Å². The van der Waals surface area contributed by atoms with Crippen molar-refractivity contribution in [2.24, 2.45) is 0 Å². The molecule has 0 radical (unpaired) electrons. The second kappa shape index (κ2) is 11.6. The monoisotopic (exact) mass is 480 g/mol. The Morgan fingerprint density at radius 2 is 0.939 bits per heavy atom. The van der Waals surface area contributed by atoms with Crippen molar-refractivity contribution in [1.29, 1.82) is 0 Å². The normalized spacial score (nSPS) is 10.8. The first-order chi connectivity index (χ1) is 15.9. The van der Waals surface area contributed by atoms with Gasteiger partial charge in [-0.15, -0.1) is 0 Å². The number of hydrogen-bond donors (Lipinski definition) is 0. The van der Waals surface area contributed by atoms with Crippen molar-refractivity contribution in [2.75, 3.05) is 14.2 Å². The van der Waals surface area contributed by atoms with Crippen LogP contribution in [0.5, 0.6) is 11.5 Å². The summed E-state index contributed by atoms with van der Waals surface area (Å²) in [5, 5.41) is 0. The van der Waals surface area contributed by atoms with Crippen molar-refractivity contribution in [1.82, 2.24) is 0 Å². The van der Waals surface area contributed by atoms with Crippen LogP contribution in [-0.4, -0.2) is 27.2 Å². The van der Waals surface area contributed by atoms with Gasteiger partial charge < -0.3 is 14.0 Å². The summed E-state index contributed by atoms with van der Waals surface area (Å²) in [7, 11) is -1.26. The first-order valence-electron chi connectivity index (χ1n) is 10.0. The third-order valence-corrected chi connectivity index (χ3v) is 7.68. The van der Waals surface area contributed by atoms with Crippen LogP contribution < -0.4 is 9.47 Å². The molecule has 0 aliphatic carbocycles. The molecule has 0 bridgehead atoms. The number of ether oxygens (including phenoxy) is 2. The van der Waals surface area contributed by atoms with Crippen LogP contribution >= 0.6 is 0 Å². The minimum Gasteiger partial charge on any atom is -0.744 e. The van der Waals surface area contributed by atoms with Crippen molar-refractivity contribution in [2.45, 2.75) is 19.6 Å². The lowest BCUT2D eigenvalue weighted by Crippen LogP contribution is -2.04. The molecule has 4 aromatic carbocycles. The van der Waals surface area contributed by atoms with E-state index in [1.807, 2.05) is 12.1 Å². The molecule has 5 nitrogen and oxygen atoms in total. The Morgan fingerprint density at radius 3 is 1.30 bits per heavy atom. The second-order valence-corrected chi connectivity index (χ2v) is 10.1. The van der Waals surface area contributed by atoms with Crippen molar-refractivity contribution < 1.29 is 22.4 Å². The highest BCUT2D eigenvalue weighted by Gasteiger charge is 2.27. The molecule has 0 amide bonds. The highest BCUT2D eigenvalue weighted by Crippen LogP contribution is 2.31. The first kappa shape index (κ1) is 24.4. The summed E-state index contributed by atoms with van der Waals surface area (Å²) in [5.74, 6) is 1.41. The first-order valence-corrected chi connectivity index (χ1v) is 12.6. The van der Waals surface area contributed by atoms with Crippen LogP contribution in [0.2, 0.25) is 0 Å². The SMILES string of the molecule is COc1ccc(S(=O)(=O)[O-])cc1.COc1ccc([S+](c2ccccc2)c2ccccc2)cc1. The van der Waals surface area contributed by atoms with Gasteiger partial charge in [0, 0.05) is 0 Å². The van der Waals surface area contributed by atoms with E-state index < -0.39 is 10.1 Å². The largest absolute Gasteiger partial charge is 0.744 e.